The normalized spacial score (nSPS) is 23.5. The van der Waals surface area contributed by atoms with Crippen LogP contribution >= 0.6 is 0 Å². The summed E-state index contributed by atoms with van der Waals surface area (Å²) in [7, 11) is 0. The summed E-state index contributed by atoms with van der Waals surface area (Å²) >= 11 is 0. The van der Waals surface area contributed by atoms with Crippen LogP contribution in [0.1, 0.15) is 37.7 Å². The number of nitrogens with zero attached hydrogens (tertiary/aromatic N) is 1. The van der Waals surface area contributed by atoms with Gasteiger partial charge >= 0.3 is 0 Å². The first-order chi connectivity index (χ1) is 11.7. The molecule has 2 aliphatic heterocycles. The lowest BCUT2D eigenvalue weighted by molar-refractivity contribution is -0.133. The van der Waals surface area contributed by atoms with Crippen LogP contribution in [-0.2, 0) is 16.1 Å². The fraction of sp³-hybridized carbons (Fsp3) is 0.632. The quantitative estimate of drug-likeness (QED) is 0.834. The highest BCUT2D eigenvalue weighted by molar-refractivity contribution is 5.76. The fourth-order valence-corrected chi connectivity index (χ4v) is 3.59. The Balaban J connectivity index is 1.60. The molecule has 0 spiro atoms. The number of hydrogen-bond donors (Lipinski definition) is 1. The largest absolute Gasteiger partial charge is 0.376 e. The Morgan fingerprint density at radius 3 is 3.00 bits per heavy atom. The van der Waals surface area contributed by atoms with E-state index in [1.54, 1.807) is 6.07 Å². The van der Waals surface area contributed by atoms with E-state index in [1.807, 2.05) is 11.0 Å². The van der Waals surface area contributed by atoms with Gasteiger partial charge in [-0.1, -0.05) is 12.1 Å². The first-order valence-corrected chi connectivity index (χ1v) is 9.05. The first-order valence-electron chi connectivity index (χ1n) is 9.05. The molecule has 0 aliphatic carbocycles. The molecule has 2 fully saturated rings. The van der Waals surface area contributed by atoms with Gasteiger partial charge in [0.2, 0.25) is 5.91 Å². The van der Waals surface area contributed by atoms with Gasteiger partial charge in [-0.2, -0.15) is 0 Å². The Morgan fingerprint density at radius 1 is 1.38 bits per heavy atom. The molecule has 5 heteroatoms. The fourth-order valence-electron chi connectivity index (χ4n) is 3.59. The van der Waals surface area contributed by atoms with Crippen molar-refractivity contribution < 1.29 is 13.9 Å². The number of nitrogens with one attached hydrogen (secondary N) is 1. The summed E-state index contributed by atoms with van der Waals surface area (Å²) in [4.78, 5) is 14.6. The molecule has 3 rings (SSSR count). The molecular formula is C19H27FN2O2. The molecule has 2 aliphatic rings. The van der Waals surface area contributed by atoms with Gasteiger partial charge in [-0.15, -0.1) is 0 Å². The highest BCUT2D eigenvalue weighted by Gasteiger charge is 2.24. The summed E-state index contributed by atoms with van der Waals surface area (Å²) in [6.07, 6.45) is 4.82. The molecule has 1 N–H and O–H groups in total. The van der Waals surface area contributed by atoms with Crippen LogP contribution in [0.5, 0.6) is 0 Å². The second-order valence-corrected chi connectivity index (χ2v) is 6.94. The molecule has 1 amide bonds. The standard InChI is InChI=1S/C19H27FN2O2/c20-17-4-1-3-16(11-17)13-22(14-18-5-2-10-24-18)19(23)7-6-15-8-9-21-12-15/h1,3-4,11,15,18,21H,2,5-10,12-14H2. The van der Waals surface area contributed by atoms with E-state index in [2.05, 4.69) is 5.32 Å². The van der Waals surface area contributed by atoms with Gasteiger partial charge in [0.15, 0.2) is 0 Å². The highest BCUT2D eigenvalue weighted by atomic mass is 19.1. The molecule has 0 radical (unpaired) electrons. The summed E-state index contributed by atoms with van der Waals surface area (Å²) in [6.45, 7) is 3.92. The molecule has 2 atom stereocenters. The van der Waals surface area contributed by atoms with Crippen molar-refractivity contribution >= 4 is 5.91 Å². The molecule has 0 bridgehead atoms. The maximum atomic E-state index is 13.4. The number of benzene rings is 1. The zero-order chi connectivity index (χ0) is 16.8. The zero-order valence-corrected chi connectivity index (χ0v) is 14.2. The van der Waals surface area contributed by atoms with Crippen molar-refractivity contribution in [3.63, 3.8) is 0 Å². The summed E-state index contributed by atoms with van der Waals surface area (Å²) in [5, 5.41) is 3.34. The zero-order valence-electron chi connectivity index (χ0n) is 14.2. The molecule has 0 aromatic heterocycles. The van der Waals surface area contributed by atoms with Gasteiger partial charge in [0.05, 0.1) is 6.10 Å². The summed E-state index contributed by atoms with van der Waals surface area (Å²) in [5.41, 5.74) is 0.837. The van der Waals surface area contributed by atoms with Crippen molar-refractivity contribution in [3.05, 3.63) is 35.6 Å². The van der Waals surface area contributed by atoms with Crippen molar-refractivity contribution in [1.82, 2.24) is 10.2 Å². The van der Waals surface area contributed by atoms with Crippen LogP contribution in [0.4, 0.5) is 4.39 Å². The second-order valence-electron chi connectivity index (χ2n) is 6.94. The van der Waals surface area contributed by atoms with Gasteiger partial charge in [0, 0.05) is 26.1 Å². The number of ether oxygens (including phenoxy) is 1. The summed E-state index contributed by atoms with van der Waals surface area (Å²) < 4.78 is 19.1. The lowest BCUT2D eigenvalue weighted by Gasteiger charge is -2.26. The molecule has 1 aromatic rings. The predicted molar refractivity (Wildman–Crippen MR) is 91.0 cm³/mol. The lowest BCUT2D eigenvalue weighted by atomic mass is 10.0. The minimum absolute atomic E-state index is 0.121. The lowest BCUT2D eigenvalue weighted by Crippen LogP contribution is -2.37. The van der Waals surface area contributed by atoms with E-state index >= 15 is 0 Å². The molecule has 132 valence electrons. The van der Waals surface area contributed by atoms with Crippen LogP contribution < -0.4 is 5.32 Å². The van der Waals surface area contributed by atoms with Crippen LogP contribution in [0.25, 0.3) is 0 Å². The third-order valence-electron chi connectivity index (χ3n) is 4.99. The van der Waals surface area contributed by atoms with Gasteiger partial charge in [0.25, 0.3) is 0 Å². The van der Waals surface area contributed by atoms with Gasteiger partial charge in [-0.3, -0.25) is 4.79 Å². The smallest absolute Gasteiger partial charge is 0.222 e. The topological polar surface area (TPSA) is 41.6 Å². The molecular weight excluding hydrogens is 307 g/mol. The minimum Gasteiger partial charge on any atom is -0.376 e. The first kappa shape index (κ1) is 17.4. The van der Waals surface area contributed by atoms with Crippen molar-refractivity contribution in [2.45, 2.75) is 44.8 Å². The Bertz CT molecular complexity index is 540. The molecule has 2 heterocycles. The van der Waals surface area contributed by atoms with E-state index in [0.29, 0.717) is 25.4 Å². The Kier molecular flexibility index (Phi) is 6.21. The number of amides is 1. The van der Waals surface area contributed by atoms with Crippen LogP contribution in [0.3, 0.4) is 0 Å². The van der Waals surface area contributed by atoms with Crippen molar-refractivity contribution in [1.29, 1.82) is 0 Å². The van der Waals surface area contributed by atoms with Crippen molar-refractivity contribution in [3.8, 4) is 0 Å². The van der Waals surface area contributed by atoms with E-state index in [0.717, 1.165) is 50.9 Å². The molecule has 4 nitrogen and oxygen atoms in total. The van der Waals surface area contributed by atoms with Crippen LogP contribution in [0.15, 0.2) is 24.3 Å². The molecule has 0 saturated carbocycles. The number of hydrogen-bond acceptors (Lipinski definition) is 3. The Labute approximate surface area is 143 Å². The SMILES string of the molecule is O=C(CCC1CCNC1)N(Cc1cccc(F)c1)CC1CCCO1. The van der Waals surface area contributed by atoms with E-state index in [1.165, 1.54) is 12.1 Å². The third-order valence-corrected chi connectivity index (χ3v) is 4.99. The maximum absolute atomic E-state index is 13.4. The van der Waals surface area contributed by atoms with E-state index in [-0.39, 0.29) is 17.8 Å². The average molecular weight is 334 g/mol. The number of carbonyl (C=O) groups excluding carboxylic acids is 1. The molecule has 1 aromatic carbocycles. The Hall–Kier alpha value is -1.46. The molecule has 24 heavy (non-hydrogen) atoms. The number of halogens is 1. The average Bonchev–Trinajstić information content (AvgIpc) is 3.26. The maximum Gasteiger partial charge on any atom is 0.222 e. The van der Waals surface area contributed by atoms with Crippen molar-refractivity contribution in [2.24, 2.45) is 5.92 Å². The number of carbonyl (C=O) groups is 1. The summed E-state index contributed by atoms with van der Waals surface area (Å²) in [5.74, 6) is 0.503. The highest BCUT2D eigenvalue weighted by Crippen LogP contribution is 2.19. The van der Waals surface area contributed by atoms with Gasteiger partial charge in [0.1, 0.15) is 5.82 Å². The third kappa shape index (κ3) is 5.02. The van der Waals surface area contributed by atoms with E-state index in [4.69, 9.17) is 4.74 Å². The van der Waals surface area contributed by atoms with Crippen molar-refractivity contribution in [2.75, 3.05) is 26.2 Å². The molecule has 2 saturated heterocycles. The van der Waals surface area contributed by atoms with Crippen LogP contribution in [-0.4, -0.2) is 43.2 Å². The van der Waals surface area contributed by atoms with Gasteiger partial charge in [-0.25, -0.2) is 4.39 Å². The van der Waals surface area contributed by atoms with Crippen LogP contribution in [0, 0.1) is 11.7 Å². The van der Waals surface area contributed by atoms with E-state index in [9.17, 15) is 9.18 Å². The van der Waals surface area contributed by atoms with Gasteiger partial charge < -0.3 is 15.0 Å². The predicted octanol–water partition coefficient (Wildman–Crippen LogP) is 2.72. The molecule has 2 unspecified atom stereocenters. The van der Waals surface area contributed by atoms with Crippen LogP contribution in [0.2, 0.25) is 0 Å². The second kappa shape index (κ2) is 8.58. The summed E-state index contributed by atoms with van der Waals surface area (Å²) in [6, 6.07) is 6.52. The minimum atomic E-state index is -0.256. The van der Waals surface area contributed by atoms with E-state index < -0.39 is 0 Å². The monoisotopic (exact) mass is 334 g/mol. The van der Waals surface area contributed by atoms with Gasteiger partial charge in [-0.05, 0) is 62.4 Å². The Morgan fingerprint density at radius 2 is 2.29 bits per heavy atom. The number of rotatable bonds is 7.